The molecule has 18 heavy (non-hydrogen) atoms. The van der Waals surface area contributed by atoms with Crippen LogP contribution in [0.5, 0.6) is 0 Å². The van der Waals surface area contributed by atoms with E-state index < -0.39 is 11.4 Å². The van der Waals surface area contributed by atoms with Crippen LogP contribution in [-0.4, -0.2) is 21.4 Å². The predicted molar refractivity (Wildman–Crippen MR) is 66.5 cm³/mol. The van der Waals surface area contributed by atoms with Crippen molar-refractivity contribution in [1.82, 2.24) is 4.57 Å². The van der Waals surface area contributed by atoms with Crippen molar-refractivity contribution in [2.75, 3.05) is 0 Å². The molecule has 1 aliphatic carbocycles. The van der Waals surface area contributed by atoms with Gasteiger partial charge in [0.25, 0.3) is 0 Å². The van der Waals surface area contributed by atoms with Gasteiger partial charge in [-0.3, -0.25) is 9.59 Å². The lowest BCUT2D eigenvalue weighted by Crippen LogP contribution is -2.48. The third-order valence-electron chi connectivity index (χ3n) is 3.85. The molecule has 0 spiro atoms. The highest BCUT2D eigenvalue weighted by Gasteiger charge is 2.51. The highest BCUT2D eigenvalue weighted by Crippen LogP contribution is 2.42. The van der Waals surface area contributed by atoms with E-state index in [0.29, 0.717) is 0 Å². The van der Waals surface area contributed by atoms with Crippen LogP contribution < -0.4 is 0 Å². The third-order valence-corrected chi connectivity index (χ3v) is 3.85. The molecule has 0 amide bonds. The number of carboxylic acid groups (broad SMARTS) is 1. The van der Waals surface area contributed by atoms with Gasteiger partial charge in [0.1, 0.15) is 11.2 Å². The third kappa shape index (κ3) is 1.32. The molecule has 1 fully saturated rings. The Bertz CT molecular complexity index is 661. The molecule has 1 N–H and O–H groups in total. The van der Waals surface area contributed by atoms with Gasteiger partial charge >= 0.3 is 5.97 Å². The Morgan fingerprint density at radius 1 is 1.33 bits per heavy atom. The van der Waals surface area contributed by atoms with E-state index in [0.717, 1.165) is 16.5 Å². The summed E-state index contributed by atoms with van der Waals surface area (Å²) < 4.78 is 1.98. The summed E-state index contributed by atoms with van der Waals surface area (Å²) in [6.07, 6.45) is 2.16. The lowest BCUT2D eigenvalue weighted by molar-refractivity contribution is -0.153. The molecule has 1 aliphatic rings. The fourth-order valence-electron chi connectivity index (χ4n) is 2.68. The summed E-state index contributed by atoms with van der Waals surface area (Å²) in [5, 5.41) is 10.4. The summed E-state index contributed by atoms with van der Waals surface area (Å²) in [5.74, 6) is -0.886. The normalized spacial score (nSPS) is 17.7. The number of ketones is 1. The van der Waals surface area contributed by atoms with Gasteiger partial charge in [0.2, 0.25) is 0 Å². The summed E-state index contributed by atoms with van der Waals surface area (Å²) in [4.78, 5) is 22.6. The molecule has 0 aliphatic heterocycles. The molecule has 0 radical (unpaired) electrons. The number of benzene rings is 1. The zero-order valence-corrected chi connectivity index (χ0v) is 10.0. The van der Waals surface area contributed by atoms with Crippen molar-refractivity contribution >= 4 is 22.7 Å². The molecular formula is C14H13NO3. The summed E-state index contributed by atoms with van der Waals surface area (Å²) in [5.41, 5.74) is 0.791. The molecule has 0 bridgehead atoms. The molecule has 4 heteroatoms. The number of fused-ring (bicyclic) bond motifs is 1. The van der Waals surface area contributed by atoms with Gasteiger partial charge < -0.3 is 9.67 Å². The van der Waals surface area contributed by atoms with Gasteiger partial charge in [0.05, 0.1) is 0 Å². The van der Waals surface area contributed by atoms with E-state index in [9.17, 15) is 14.7 Å². The molecule has 0 atom stereocenters. The Morgan fingerprint density at radius 2 is 2.06 bits per heavy atom. The molecule has 92 valence electrons. The van der Waals surface area contributed by atoms with Crippen LogP contribution in [0.15, 0.2) is 30.5 Å². The number of aromatic nitrogens is 1. The minimum Gasteiger partial charge on any atom is -0.481 e. The van der Waals surface area contributed by atoms with Crippen molar-refractivity contribution in [3.8, 4) is 0 Å². The van der Waals surface area contributed by atoms with Crippen molar-refractivity contribution in [2.45, 2.75) is 18.3 Å². The monoisotopic (exact) mass is 243 g/mol. The largest absolute Gasteiger partial charge is 0.481 e. The minimum atomic E-state index is -0.999. The number of Topliss-reactive ketones (excluding diaryl/α,β-unsaturated/α-hetero) is 1. The van der Waals surface area contributed by atoms with Gasteiger partial charge in [-0.05, 0) is 29.1 Å². The summed E-state index contributed by atoms with van der Waals surface area (Å²) in [7, 11) is 1.95. The van der Waals surface area contributed by atoms with Crippen molar-refractivity contribution in [3.05, 3.63) is 36.0 Å². The standard InChI is InChI=1S/C14H13NO3/c1-15-5-4-9-6-10(2-3-12(9)15)14(13(17)18)7-11(16)8-14/h2-6H,7-8H2,1H3,(H,17,18). The van der Waals surface area contributed by atoms with Gasteiger partial charge in [-0.25, -0.2) is 0 Å². The zero-order chi connectivity index (χ0) is 12.9. The molecule has 0 unspecified atom stereocenters. The summed E-state index contributed by atoms with van der Waals surface area (Å²) in [6, 6.07) is 7.58. The van der Waals surface area contributed by atoms with Crippen LogP contribution >= 0.6 is 0 Å². The van der Waals surface area contributed by atoms with Gasteiger partial charge in [0, 0.05) is 31.6 Å². The molecule has 2 aromatic rings. The summed E-state index contributed by atoms with van der Waals surface area (Å²) in [6.45, 7) is 0. The second-order valence-corrected chi connectivity index (χ2v) is 4.98. The zero-order valence-electron chi connectivity index (χ0n) is 10.0. The van der Waals surface area contributed by atoms with Crippen molar-refractivity contribution in [1.29, 1.82) is 0 Å². The van der Waals surface area contributed by atoms with E-state index in [4.69, 9.17) is 0 Å². The number of aliphatic carboxylic acids is 1. The average molecular weight is 243 g/mol. The first kappa shape index (κ1) is 11.0. The van der Waals surface area contributed by atoms with Crippen LogP contribution in [0.3, 0.4) is 0 Å². The molecule has 4 nitrogen and oxygen atoms in total. The molecule has 1 aromatic heterocycles. The van der Waals surface area contributed by atoms with Crippen molar-refractivity contribution < 1.29 is 14.7 Å². The van der Waals surface area contributed by atoms with Gasteiger partial charge in [-0.2, -0.15) is 0 Å². The average Bonchev–Trinajstić information content (AvgIpc) is 2.66. The molecule has 0 saturated heterocycles. The second kappa shape index (κ2) is 3.45. The highest BCUT2D eigenvalue weighted by atomic mass is 16.4. The maximum atomic E-state index is 11.4. The lowest BCUT2D eigenvalue weighted by Gasteiger charge is -2.36. The molecule has 1 aromatic carbocycles. The number of carbonyl (C=O) groups excluding carboxylic acids is 1. The first-order chi connectivity index (χ1) is 8.53. The Labute approximate surface area is 104 Å². The predicted octanol–water partition coefficient (Wildman–Crippen LogP) is 1.86. The second-order valence-electron chi connectivity index (χ2n) is 4.98. The van der Waals surface area contributed by atoms with Gasteiger partial charge in [0.15, 0.2) is 0 Å². The number of rotatable bonds is 2. The van der Waals surface area contributed by atoms with Gasteiger partial charge in [-0.1, -0.05) is 6.07 Å². The van der Waals surface area contributed by atoms with E-state index >= 15 is 0 Å². The minimum absolute atomic E-state index is 0.0190. The first-order valence-electron chi connectivity index (χ1n) is 5.84. The smallest absolute Gasteiger partial charge is 0.315 e. The number of carboxylic acids is 1. The fraction of sp³-hybridized carbons (Fsp3) is 0.286. The van der Waals surface area contributed by atoms with E-state index in [2.05, 4.69) is 0 Å². The fourth-order valence-corrected chi connectivity index (χ4v) is 2.68. The Balaban J connectivity index is 2.13. The molecule has 1 heterocycles. The van der Waals surface area contributed by atoms with Crippen LogP contribution in [0.4, 0.5) is 0 Å². The van der Waals surface area contributed by atoms with E-state index in [-0.39, 0.29) is 18.6 Å². The lowest BCUT2D eigenvalue weighted by atomic mass is 9.63. The highest BCUT2D eigenvalue weighted by molar-refractivity contribution is 6.02. The van der Waals surface area contributed by atoms with Gasteiger partial charge in [-0.15, -0.1) is 0 Å². The van der Waals surface area contributed by atoms with Crippen LogP contribution in [0.1, 0.15) is 18.4 Å². The Kier molecular flexibility index (Phi) is 2.11. The number of carbonyl (C=O) groups is 2. The first-order valence-corrected chi connectivity index (χ1v) is 5.84. The number of aryl methyl sites for hydroxylation is 1. The molecular weight excluding hydrogens is 230 g/mol. The molecule has 1 saturated carbocycles. The van der Waals surface area contributed by atoms with Crippen molar-refractivity contribution in [2.24, 2.45) is 7.05 Å². The van der Waals surface area contributed by atoms with Crippen LogP contribution in [0.25, 0.3) is 10.9 Å². The number of hydrogen-bond acceptors (Lipinski definition) is 2. The topological polar surface area (TPSA) is 59.3 Å². The summed E-state index contributed by atoms with van der Waals surface area (Å²) >= 11 is 0. The Hall–Kier alpha value is -2.10. The van der Waals surface area contributed by atoms with E-state index in [1.165, 1.54) is 0 Å². The van der Waals surface area contributed by atoms with Crippen LogP contribution in [0, 0.1) is 0 Å². The Morgan fingerprint density at radius 3 is 2.67 bits per heavy atom. The number of hydrogen-bond donors (Lipinski definition) is 1. The quantitative estimate of drug-likeness (QED) is 0.875. The molecule has 3 rings (SSSR count). The maximum Gasteiger partial charge on any atom is 0.315 e. The maximum absolute atomic E-state index is 11.4. The van der Waals surface area contributed by atoms with Crippen LogP contribution in [-0.2, 0) is 22.1 Å². The van der Waals surface area contributed by atoms with Crippen molar-refractivity contribution in [3.63, 3.8) is 0 Å². The van der Waals surface area contributed by atoms with Crippen LogP contribution in [0.2, 0.25) is 0 Å². The van der Waals surface area contributed by atoms with E-state index in [1.54, 1.807) is 0 Å². The number of nitrogens with zero attached hydrogens (tertiary/aromatic N) is 1. The SMILES string of the molecule is Cn1ccc2cc(C3(C(=O)O)CC(=O)C3)ccc21. The van der Waals surface area contributed by atoms with E-state index in [1.807, 2.05) is 42.1 Å².